The van der Waals surface area contributed by atoms with Crippen LogP contribution in [0.5, 0.6) is 11.5 Å². The highest BCUT2D eigenvalue weighted by Gasteiger charge is 2.28. The van der Waals surface area contributed by atoms with Gasteiger partial charge >= 0.3 is 0 Å². The summed E-state index contributed by atoms with van der Waals surface area (Å²) in [6.45, 7) is 3.85. The van der Waals surface area contributed by atoms with Gasteiger partial charge < -0.3 is 15.2 Å². The molecule has 4 heteroatoms. The summed E-state index contributed by atoms with van der Waals surface area (Å²) in [5.74, 6) is 1.65. The van der Waals surface area contributed by atoms with E-state index in [0.29, 0.717) is 12.6 Å². The fourth-order valence-electron chi connectivity index (χ4n) is 3.45. The monoisotopic (exact) mass is 292 g/mol. The van der Waals surface area contributed by atoms with E-state index < -0.39 is 0 Å². The second-order valence-corrected chi connectivity index (χ2v) is 5.67. The zero-order valence-electron chi connectivity index (χ0n) is 13.5. The normalized spacial score (nSPS) is 17.2. The molecule has 4 nitrogen and oxygen atoms in total. The predicted molar refractivity (Wildman–Crippen MR) is 86.0 cm³/mol. The molecule has 0 aliphatic heterocycles. The van der Waals surface area contributed by atoms with Crippen LogP contribution in [0, 0.1) is 0 Å². The Labute approximate surface area is 128 Å². The van der Waals surface area contributed by atoms with Gasteiger partial charge in [0.15, 0.2) is 0 Å². The van der Waals surface area contributed by atoms with E-state index >= 15 is 0 Å². The van der Waals surface area contributed by atoms with Crippen molar-refractivity contribution >= 4 is 0 Å². The summed E-state index contributed by atoms with van der Waals surface area (Å²) in [4.78, 5) is 2.54. The van der Waals surface area contributed by atoms with Gasteiger partial charge in [0.05, 0.1) is 14.2 Å². The van der Waals surface area contributed by atoms with Gasteiger partial charge in [0, 0.05) is 24.7 Å². The van der Waals surface area contributed by atoms with Gasteiger partial charge in [-0.2, -0.15) is 0 Å². The largest absolute Gasteiger partial charge is 0.497 e. The Balaban J connectivity index is 2.30. The molecule has 2 rings (SSSR count). The Kier molecular flexibility index (Phi) is 5.88. The lowest BCUT2D eigenvalue weighted by atomic mass is 10.0. The van der Waals surface area contributed by atoms with Crippen LogP contribution >= 0.6 is 0 Å². The minimum atomic E-state index is 0.224. The predicted octanol–water partition coefficient (Wildman–Crippen LogP) is 2.97. The van der Waals surface area contributed by atoms with Crippen molar-refractivity contribution in [2.24, 2.45) is 5.73 Å². The van der Waals surface area contributed by atoms with Crippen molar-refractivity contribution in [1.82, 2.24) is 4.90 Å². The van der Waals surface area contributed by atoms with Crippen molar-refractivity contribution in [3.05, 3.63) is 23.8 Å². The maximum absolute atomic E-state index is 6.11. The Morgan fingerprint density at radius 3 is 2.14 bits per heavy atom. The molecule has 0 spiro atoms. The van der Waals surface area contributed by atoms with E-state index in [1.54, 1.807) is 14.2 Å². The van der Waals surface area contributed by atoms with Crippen LogP contribution in [-0.2, 0) is 0 Å². The molecule has 0 saturated heterocycles. The van der Waals surface area contributed by atoms with Crippen LogP contribution < -0.4 is 15.2 Å². The molecule has 1 aromatic carbocycles. The zero-order chi connectivity index (χ0) is 15.2. The van der Waals surface area contributed by atoms with Crippen LogP contribution in [0.25, 0.3) is 0 Å². The van der Waals surface area contributed by atoms with Crippen LogP contribution in [-0.4, -0.2) is 38.3 Å². The molecule has 1 saturated carbocycles. The number of nitrogens with zero attached hydrogens (tertiary/aromatic N) is 1. The second kappa shape index (κ2) is 7.66. The maximum Gasteiger partial charge on any atom is 0.122 e. The highest BCUT2D eigenvalue weighted by atomic mass is 16.5. The molecular formula is C17H28N2O2. The third-order valence-corrected chi connectivity index (χ3v) is 4.54. The summed E-state index contributed by atoms with van der Waals surface area (Å²) < 4.78 is 10.8. The molecule has 0 amide bonds. The van der Waals surface area contributed by atoms with E-state index in [9.17, 15) is 0 Å². The molecule has 1 aliphatic carbocycles. The molecule has 0 heterocycles. The van der Waals surface area contributed by atoms with Gasteiger partial charge in [-0.3, -0.25) is 4.90 Å². The van der Waals surface area contributed by atoms with Crippen LogP contribution in [0.2, 0.25) is 0 Å². The smallest absolute Gasteiger partial charge is 0.122 e. The van der Waals surface area contributed by atoms with E-state index in [1.807, 2.05) is 6.07 Å². The van der Waals surface area contributed by atoms with E-state index in [2.05, 4.69) is 24.0 Å². The first kappa shape index (κ1) is 16.1. The van der Waals surface area contributed by atoms with Crippen molar-refractivity contribution in [2.45, 2.75) is 44.7 Å². The average Bonchev–Trinajstić information content (AvgIpc) is 3.05. The summed E-state index contributed by atoms with van der Waals surface area (Å²) in [6.07, 6.45) is 5.23. The van der Waals surface area contributed by atoms with Crippen molar-refractivity contribution in [3.8, 4) is 11.5 Å². The first-order valence-electron chi connectivity index (χ1n) is 7.92. The van der Waals surface area contributed by atoms with Gasteiger partial charge in [-0.15, -0.1) is 0 Å². The molecule has 21 heavy (non-hydrogen) atoms. The van der Waals surface area contributed by atoms with Crippen molar-refractivity contribution < 1.29 is 9.47 Å². The van der Waals surface area contributed by atoms with Crippen LogP contribution in [0.1, 0.15) is 44.2 Å². The lowest BCUT2D eigenvalue weighted by Crippen LogP contribution is -2.40. The topological polar surface area (TPSA) is 47.7 Å². The number of benzene rings is 1. The molecule has 1 aromatic rings. The molecule has 1 fully saturated rings. The first-order valence-corrected chi connectivity index (χ1v) is 7.92. The maximum atomic E-state index is 6.11. The van der Waals surface area contributed by atoms with Gasteiger partial charge in [0.25, 0.3) is 0 Å². The third-order valence-electron chi connectivity index (χ3n) is 4.54. The van der Waals surface area contributed by atoms with Crippen LogP contribution in [0.3, 0.4) is 0 Å². The van der Waals surface area contributed by atoms with Crippen molar-refractivity contribution in [1.29, 1.82) is 0 Å². The number of ether oxygens (including phenoxy) is 2. The average molecular weight is 292 g/mol. The first-order chi connectivity index (χ1) is 10.2. The van der Waals surface area contributed by atoms with Crippen LogP contribution in [0.4, 0.5) is 0 Å². The summed E-state index contributed by atoms with van der Waals surface area (Å²) >= 11 is 0. The lowest BCUT2D eigenvalue weighted by Gasteiger charge is -2.35. The number of rotatable bonds is 7. The van der Waals surface area contributed by atoms with Gasteiger partial charge in [-0.25, -0.2) is 0 Å². The molecule has 0 aromatic heterocycles. The molecule has 1 aliphatic rings. The van der Waals surface area contributed by atoms with E-state index in [1.165, 1.54) is 31.2 Å². The number of hydrogen-bond donors (Lipinski definition) is 1. The third kappa shape index (κ3) is 3.69. The quantitative estimate of drug-likeness (QED) is 0.839. The minimum Gasteiger partial charge on any atom is -0.497 e. The lowest BCUT2D eigenvalue weighted by molar-refractivity contribution is 0.147. The Morgan fingerprint density at radius 1 is 1.14 bits per heavy atom. The van der Waals surface area contributed by atoms with Gasteiger partial charge in [-0.05, 0) is 37.1 Å². The molecule has 118 valence electrons. The standard InChI is InChI=1S/C17H28N2O2/c1-4-19(14-7-5-6-8-14)17(12-18)13-9-15(20-2)11-16(10-13)21-3/h9-11,14,17H,4-8,12,18H2,1-3H3. The SMILES string of the molecule is CCN(C1CCCC1)C(CN)c1cc(OC)cc(OC)c1. The summed E-state index contributed by atoms with van der Waals surface area (Å²) in [6, 6.07) is 6.95. The van der Waals surface area contributed by atoms with Crippen molar-refractivity contribution in [3.63, 3.8) is 0 Å². The zero-order valence-corrected chi connectivity index (χ0v) is 13.5. The molecular weight excluding hydrogens is 264 g/mol. The fraction of sp³-hybridized carbons (Fsp3) is 0.647. The summed E-state index contributed by atoms with van der Waals surface area (Å²) in [7, 11) is 3.37. The fourth-order valence-corrected chi connectivity index (χ4v) is 3.45. The van der Waals surface area contributed by atoms with E-state index in [0.717, 1.165) is 18.0 Å². The Bertz CT molecular complexity index is 422. The van der Waals surface area contributed by atoms with Gasteiger partial charge in [0.2, 0.25) is 0 Å². The number of methoxy groups -OCH3 is 2. The van der Waals surface area contributed by atoms with Gasteiger partial charge in [-0.1, -0.05) is 19.8 Å². The van der Waals surface area contributed by atoms with E-state index in [-0.39, 0.29) is 6.04 Å². The van der Waals surface area contributed by atoms with E-state index in [4.69, 9.17) is 15.2 Å². The number of nitrogens with two attached hydrogens (primary N) is 1. The molecule has 2 N–H and O–H groups in total. The molecule has 0 bridgehead atoms. The van der Waals surface area contributed by atoms with Gasteiger partial charge in [0.1, 0.15) is 11.5 Å². The summed E-state index contributed by atoms with van der Waals surface area (Å²) in [5, 5.41) is 0. The van der Waals surface area contributed by atoms with Crippen molar-refractivity contribution in [2.75, 3.05) is 27.3 Å². The second-order valence-electron chi connectivity index (χ2n) is 5.67. The number of likely N-dealkylation sites (N-methyl/N-ethyl adjacent to an activating group) is 1. The highest BCUT2D eigenvalue weighted by Crippen LogP contribution is 2.33. The summed E-state index contributed by atoms with van der Waals surface area (Å²) in [5.41, 5.74) is 7.29. The highest BCUT2D eigenvalue weighted by molar-refractivity contribution is 5.40. The molecule has 1 unspecified atom stereocenters. The molecule has 0 radical (unpaired) electrons. The Hall–Kier alpha value is -1.26. The molecule has 1 atom stereocenters. The number of hydrogen-bond acceptors (Lipinski definition) is 4. The van der Waals surface area contributed by atoms with Crippen LogP contribution in [0.15, 0.2) is 18.2 Å². The minimum absolute atomic E-state index is 0.224. The Morgan fingerprint density at radius 2 is 1.71 bits per heavy atom.